The summed E-state index contributed by atoms with van der Waals surface area (Å²) in [6, 6.07) is 5.23. The van der Waals surface area contributed by atoms with Crippen molar-refractivity contribution in [3.63, 3.8) is 0 Å². The Balaban J connectivity index is 2.16. The Morgan fingerprint density at radius 1 is 1.16 bits per heavy atom. The van der Waals surface area contributed by atoms with E-state index in [1.165, 1.54) is 12.1 Å². The van der Waals surface area contributed by atoms with Gasteiger partial charge in [0.2, 0.25) is 0 Å². The van der Waals surface area contributed by atoms with Crippen molar-refractivity contribution in [3.8, 4) is 0 Å². The maximum Gasteiger partial charge on any atom is 0.417 e. The summed E-state index contributed by atoms with van der Waals surface area (Å²) in [6.07, 6.45) is -3.72. The van der Waals surface area contributed by atoms with Gasteiger partial charge in [0.05, 0.1) is 10.6 Å². The van der Waals surface area contributed by atoms with Crippen molar-refractivity contribution in [2.24, 2.45) is 0 Å². The summed E-state index contributed by atoms with van der Waals surface area (Å²) in [5.74, 6) is 1.46. The summed E-state index contributed by atoms with van der Waals surface area (Å²) in [7, 11) is 1.62. The normalized spacial score (nSPS) is 11.4. The molecule has 9 heteroatoms. The molecular formula is C16H18ClF3N4O. The van der Waals surface area contributed by atoms with Crippen molar-refractivity contribution in [2.75, 3.05) is 30.9 Å². The molecule has 0 aliphatic rings. The van der Waals surface area contributed by atoms with Gasteiger partial charge < -0.3 is 15.4 Å². The van der Waals surface area contributed by atoms with Gasteiger partial charge in [0.1, 0.15) is 17.5 Å². The fourth-order valence-electron chi connectivity index (χ4n) is 2.12. The number of anilines is 3. The minimum atomic E-state index is -4.52. The number of hydrogen-bond acceptors (Lipinski definition) is 5. The number of halogens is 4. The molecule has 0 amide bonds. The number of nitrogens with one attached hydrogen (secondary N) is 2. The third kappa shape index (κ3) is 5.75. The van der Waals surface area contributed by atoms with E-state index in [1.807, 2.05) is 0 Å². The van der Waals surface area contributed by atoms with Crippen LogP contribution in [0.1, 0.15) is 17.8 Å². The summed E-state index contributed by atoms with van der Waals surface area (Å²) in [5, 5.41) is 5.62. The number of hydrogen-bond donors (Lipinski definition) is 2. The Morgan fingerprint density at radius 3 is 2.56 bits per heavy atom. The molecule has 2 rings (SSSR count). The zero-order valence-corrected chi connectivity index (χ0v) is 14.5. The summed E-state index contributed by atoms with van der Waals surface area (Å²) >= 11 is 5.62. The molecule has 0 aliphatic heterocycles. The van der Waals surface area contributed by atoms with E-state index >= 15 is 0 Å². The van der Waals surface area contributed by atoms with E-state index in [2.05, 4.69) is 20.6 Å². The Hall–Kier alpha value is -2.06. The zero-order valence-electron chi connectivity index (χ0n) is 13.7. The summed E-state index contributed by atoms with van der Waals surface area (Å²) in [5.41, 5.74) is -0.664. The minimum Gasteiger partial charge on any atom is -0.385 e. The highest BCUT2D eigenvalue weighted by Gasteiger charge is 2.33. The van der Waals surface area contributed by atoms with Crippen molar-refractivity contribution in [3.05, 3.63) is 40.7 Å². The predicted molar refractivity (Wildman–Crippen MR) is 91.5 cm³/mol. The first kappa shape index (κ1) is 19.3. The number of ether oxygens (including phenoxy) is 1. The molecule has 1 heterocycles. The number of alkyl halides is 3. The monoisotopic (exact) mass is 374 g/mol. The van der Waals surface area contributed by atoms with Crippen molar-refractivity contribution >= 4 is 28.9 Å². The van der Waals surface area contributed by atoms with Gasteiger partial charge in [0.25, 0.3) is 0 Å². The van der Waals surface area contributed by atoms with Crippen molar-refractivity contribution in [1.82, 2.24) is 9.97 Å². The summed E-state index contributed by atoms with van der Waals surface area (Å²) < 4.78 is 43.8. The standard InChI is InChI=1S/C16H18ClF3N4O/c1-10-22-14(21-6-3-7-25-2)9-15(23-10)24-11-4-5-13(17)12(8-11)16(18,19)20/h4-5,8-9H,3,6-7H2,1-2H3,(H2,21,22,23,24). The van der Waals surface area contributed by atoms with Gasteiger partial charge in [-0.15, -0.1) is 0 Å². The molecule has 1 aromatic carbocycles. The van der Waals surface area contributed by atoms with E-state index in [0.29, 0.717) is 30.6 Å². The van der Waals surface area contributed by atoms with Crippen LogP contribution in [0.3, 0.4) is 0 Å². The van der Waals surface area contributed by atoms with Crippen molar-refractivity contribution in [1.29, 1.82) is 0 Å². The molecule has 2 aromatic rings. The minimum absolute atomic E-state index is 0.236. The number of rotatable bonds is 7. The van der Waals surface area contributed by atoms with Gasteiger partial charge in [0.15, 0.2) is 0 Å². The highest BCUT2D eigenvalue weighted by Crippen LogP contribution is 2.36. The maximum absolute atomic E-state index is 12.9. The number of benzene rings is 1. The average molecular weight is 375 g/mol. The molecule has 1 aromatic heterocycles. The van der Waals surface area contributed by atoms with Gasteiger partial charge in [-0.1, -0.05) is 11.6 Å². The molecule has 2 N–H and O–H groups in total. The third-order valence-electron chi connectivity index (χ3n) is 3.21. The first-order chi connectivity index (χ1) is 11.8. The van der Waals surface area contributed by atoms with Crippen LogP contribution in [0.4, 0.5) is 30.5 Å². The number of nitrogens with zero attached hydrogens (tertiary/aromatic N) is 2. The van der Waals surface area contributed by atoms with Crippen LogP contribution in [0.2, 0.25) is 5.02 Å². The largest absolute Gasteiger partial charge is 0.417 e. The maximum atomic E-state index is 12.9. The van der Waals surface area contributed by atoms with Crippen LogP contribution in [0, 0.1) is 6.92 Å². The van der Waals surface area contributed by atoms with E-state index in [1.54, 1.807) is 20.1 Å². The fraction of sp³-hybridized carbons (Fsp3) is 0.375. The molecule has 5 nitrogen and oxygen atoms in total. The fourth-order valence-corrected chi connectivity index (χ4v) is 2.35. The lowest BCUT2D eigenvalue weighted by Gasteiger charge is -2.13. The van der Waals surface area contributed by atoms with Gasteiger partial charge in [0, 0.05) is 32.0 Å². The number of aryl methyl sites for hydroxylation is 1. The van der Waals surface area contributed by atoms with Crippen LogP contribution in [-0.2, 0) is 10.9 Å². The molecule has 0 unspecified atom stereocenters. The molecule has 0 saturated heterocycles. The van der Waals surface area contributed by atoms with Gasteiger partial charge >= 0.3 is 6.18 Å². The molecule has 25 heavy (non-hydrogen) atoms. The van der Waals surface area contributed by atoms with E-state index in [9.17, 15) is 13.2 Å². The zero-order chi connectivity index (χ0) is 18.4. The van der Waals surface area contributed by atoms with E-state index in [0.717, 1.165) is 12.5 Å². The smallest absolute Gasteiger partial charge is 0.385 e. The Labute approximate surface area is 148 Å². The average Bonchev–Trinajstić information content (AvgIpc) is 2.52. The topological polar surface area (TPSA) is 59.1 Å². The Bertz CT molecular complexity index is 725. The Morgan fingerprint density at radius 2 is 1.88 bits per heavy atom. The first-order valence-corrected chi connectivity index (χ1v) is 7.89. The van der Waals surface area contributed by atoms with E-state index in [-0.39, 0.29) is 10.7 Å². The molecule has 136 valence electrons. The third-order valence-corrected chi connectivity index (χ3v) is 3.54. The Kier molecular flexibility index (Phi) is 6.44. The van der Waals surface area contributed by atoms with Gasteiger partial charge in [-0.25, -0.2) is 9.97 Å². The first-order valence-electron chi connectivity index (χ1n) is 7.52. The predicted octanol–water partition coefficient (Wildman–Crippen LogP) is 4.65. The van der Waals surface area contributed by atoms with E-state index < -0.39 is 11.7 Å². The second kappa shape index (κ2) is 8.35. The quantitative estimate of drug-likeness (QED) is 0.691. The number of aromatic nitrogens is 2. The molecule has 0 spiro atoms. The lowest BCUT2D eigenvalue weighted by atomic mass is 10.2. The van der Waals surface area contributed by atoms with Crippen LogP contribution < -0.4 is 10.6 Å². The SMILES string of the molecule is COCCCNc1cc(Nc2ccc(Cl)c(C(F)(F)F)c2)nc(C)n1. The molecule has 0 atom stereocenters. The second-order valence-corrected chi connectivity index (χ2v) is 5.68. The van der Waals surface area contributed by atoms with Crippen molar-refractivity contribution in [2.45, 2.75) is 19.5 Å². The van der Waals surface area contributed by atoms with Crippen molar-refractivity contribution < 1.29 is 17.9 Å². The second-order valence-electron chi connectivity index (χ2n) is 5.28. The van der Waals surface area contributed by atoms with Gasteiger partial charge in [-0.05, 0) is 31.5 Å². The molecule has 0 fully saturated rings. The molecule has 0 radical (unpaired) electrons. The highest BCUT2D eigenvalue weighted by molar-refractivity contribution is 6.31. The van der Waals surface area contributed by atoms with Gasteiger partial charge in [-0.2, -0.15) is 13.2 Å². The molecule has 0 bridgehead atoms. The van der Waals surface area contributed by atoms with Crippen LogP contribution in [0.25, 0.3) is 0 Å². The number of methoxy groups -OCH3 is 1. The van der Waals surface area contributed by atoms with Crippen LogP contribution >= 0.6 is 11.6 Å². The van der Waals surface area contributed by atoms with Gasteiger partial charge in [-0.3, -0.25) is 0 Å². The van der Waals surface area contributed by atoms with Crippen LogP contribution in [0.15, 0.2) is 24.3 Å². The lowest BCUT2D eigenvalue weighted by Crippen LogP contribution is -2.09. The molecular weight excluding hydrogens is 357 g/mol. The lowest BCUT2D eigenvalue weighted by molar-refractivity contribution is -0.137. The van der Waals surface area contributed by atoms with Crippen LogP contribution in [0.5, 0.6) is 0 Å². The van der Waals surface area contributed by atoms with E-state index in [4.69, 9.17) is 16.3 Å². The van der Waals surface area contributed by atoms with Crippen LogP contribution in [-0.4, -0.2) is 30.2 Å². The highest BCUT2D eigenvalue weighted by atomic mass is 35.5. The summed E-state index contributed by atoms with van der Waals surface area (Å²) in [4.78, 5) is 8.43. The molecule has 0 saturated carbocycles. The molecule has 0 aliphatic carbocycles. The summed E-state index contributed by atoms with van der Waals surface area (Å²) in [6.45, 7) is 2.98.